The molecule has 2 aliphatic rings. The first-order chi connectivity index (χ1) is 10.1. The molecular formula is C16H24N4O. The van der Waals surface area contributed by atoms with Crippen molar-refractivity contribution in [2.24, 2.45) is 5.41 Å². The van der Waals surface area contributed by atoms with E-state index >= 15 is 0 Å². The van der Waals surface area contributed by atoms with Crippen molar-refractivity contribution < 1.29 is 4.79 Å². The molecule has 0 saturated carbocycles. The maximum Gasteiger partial charge on any atom is 0.222 e. The van der Waals surface area contributed by atoms with Gasteiger partial charge in [-0.1, -0.05) is 0 Å². The Hall–Kier alpha value is -1.78. The Morgan fingerprint density at radius 1 is 1.29 bits per heavy atom. The van der Waals surface area contributed by atoms with E-state index < -0.39 is 0 Å². The van der Waals surface area contributed by atoms with E-state index in [9.17, 15) is 4.79 Å². The maximum absolute atomic E-state index is 11.7. The molecule has 3 rings (SSSR count). The number of carbonyl (C=O) groups excluding carboxylic acids is 1. The van der Waals surface area contributed by atoms with Crippen LogP contribution in [-0.2, 0) is 4.79 Å². The van der Waals surface area contributed by atoms with E-state index in [0.717, 1.165) is 44.6 Å². The van der Waals surface area contributed by atoms with Gasteiger partial charge in [-0.05, 0) is 30.7 Å². The SMILES string of the molecule is CNc1cnccc1N1CCC2(CCC(=O)N(C)C2)CC1. The highest BCUT2D eigenvalue weighted by atomic mass is 16.2. The predicted octanol–water partition coefficient (Wildman–Crippen LogP) is 1.96. The number of hydrogen-bond acceptors (Lipinski definition) is 4. The van der Waals surface area contributed by atoms with Gasteiger partial charge in [-0.3, -0.25) is 9.78 Å². The van der Waals surface area contributed by atoms with Crippen LogP contribution in [0.1, 0.15) is 25.7 Å². The molecule has 0 aliphatic carbocycles. The minimum atomic E-state index is 0.301. The highest BCUT2D eigenvalue weighted by Crippen LogP contribution is 2.41. The normalized spacial score (nSPS) is 21.7. The molecule has 1 spiro atoms. The molecule has 1 amide bonds. The number of pyridine rings is 1. The van der Waals surface area contributed by atoms with Crippen molar-refractivity contribution in [3.8, 4) is 0 Å². The van der Waals surface area contributed by atoms with Gasteiger partial charge in [-0.15, -0.1) is 0 Å². The van der Waals surface area contributed by atoms with Gasteiger partial charge >= 0.3 is 0 Å². The molecule has 0 atom stereocenters. The average molecular weight is 288 g/mol. The molecule has 0 radical (unpaired) electrons. The summed E-state index contributed by atoms with van der Waals surface area (Å²) in [5.74, 6) is 0.301. The number of nitrogens with one attached hydrogen (secondary N) is 1. The summed E-state index contributed by atoms with van der Waals surface area (Å²) in [5, 5.41) is 3.22. The van der Waals surface area contributed by atoms with Gasteiger partial charge in [0, 0.05) is 46.3 Å². The van der Waals surface area contributed by atoms with Crippen LogP contribution in [-0.4, -0.2) is 49.5 Å². The average Bonchev–Trinajstić information content (AvgIpc) is 2.52. The molecule has 0 aromatic carbocycles. The van der Waals surface area contributed by atoms with Gasteiger partial charge in [-0.2, -0.15) is 0 Å². The van der Waals surface area contributed by atoms with Crippen molar-refractivity contribution in [1.29, 1.82) is 0 Å². The predicted molar refractivity (Wildman–Crippen MR) is 84.5 cm³/mol. The third-order valence-corrected chi connectivity index (χ3v) is 5.10. The standard InChI is InChI=1S/C16H24N4O/c1-17-13-11-18-8-4-14(13)20-9-6-16(7-10-20)5-3-15(21)19(2)12-16/h4,8,11,17H,3,5-7,9-10,12H2,1-2H3. The van der Waals surface area contributed by atoms with Gasteiger partial charge in [0.2, 0.25) is 5.91 Å². The largest absolute Gasteiger partial charge is 0.385 e. The molecule has 0 bridgehead atoms. The summed E-state index contributed by atoms with van der Waals surface area (Å²) in [5.41, 5.74) is 2.67. The van der Waals surface area contributed by atoms with Crippen molar-refractivity contribution >= 4 is 17.3 Å². The summed E-state index contributed by atoms with van der Waals surface area (Å²) < 4.78 is 0. The van der Waals surface area contributed by atoms with Crippen LogP contribution in [0.3, 0.4) is 0 Å². The minimum Gasteiger partial charge on any atom is -0.385 e. The lowest BCUT2D eigenvalue weighted by molar-refractivity contribution is -0.136. The number of nitrogens with zero attached hydrogens (tertiary/aromatic N) is 3. The van der Waals surface area contributed by atoms with Gasteiger partial charge in [0.1, 0.15) is 0 Å². The maximum atomic E-state index is 11.7. The van der Waals surface area contributed by atoms with Crippen LogP contribution in [0.2, 0.25) is 0 Å². The molecule has 1 aromatic heterocycles. The monoisotopic (exact) mass is 288 g/mol. The minimum absolute atomic E-state index is 0.301. The second-order valence-electron chi connectivity index (χ2n) is 6.38. The number of aromatic nitrogens is 1. The Morgan fingerprint density at radius 2 is 2.05 bits per heavy atom. The van der Waals surface area contributed by atoms with Crippen LogP contribution >= 0.6 is 0 Å². The molecule has 5 heteroatoms. The summed E-state index contributed by atoms with van der Waals surface area (Å²) >= 11 is 0. The number of piperidine rings is 2. The Bertz CT molecular complexity index is 523. The summed E-state index contributed by atoms with van der Waals surface area (Å²) in [6.07, 6.45) is 7.83. The van der Waals surface area contributed by atoms with Crippen LogP contribution in [0, 0.1) is 5.41 Å². The second-order valence-corrected chi connectivity index (χ2v) is 6.38. The third kappa shape index (κ3) is 2.69. The van der Waals surface area contributed by atoms with E-state index in [-0.39, 0.29) is 0 Å². The Morgan fingerprint density at radius 3 is 2.71 bits per heavy atom. The lowest BCUT2D eigenvalue weighted by Crippen LogP contribution is -2.50. The summed E-state index contributed by atoms with van der Waals surface area (Å²) in [6, 6.07) is 2.08. The highest BCUT2D eigenvalue weighted by molar-refractivity contribution is 5.77. The van der Waals surface area contributed by atoms with Crippen molar-refractivity contribution in [1.82, 2.24) is 9.88 Å². The fraction of sp³-hybridized carbons (Fsp3) is 0.625. The fourth-order valence-electron chi connectivity index (χ4n) is 3.72. The number of likely N-dealkylation sites (tertiary alicyclic amines) is 1. The molecule has 2 saturated heterocycles. The summed E-state index contributed by atoms with van der Waals surface area (Å²) in [4.78, 5) is 20.2. The van der Waals surface area contributed by atoms with E-state index in [4.69, 9.17) is 0 Å². The van der Waals surface area contributed by atoms with E-state index in [2.05, 4.69) is 21.3 Å². The van der Waals surface area contributed by atoms with E-state index in [1.54, 1.807) is 0 Å². The second kappa shape index (κ2) is 5.54. The summed E-state index contributed by atoms with van der Waals surface area (Å²) in [6.45, 7) is 3.04. The van der Waals surface area contributed by atoms with Crippen LogP contribution < -0.4 is 10.2 Å². The van der Waals surface area contributed by atoms with Crippen LogP contribution in [0.25, 0.3) is 0 Å². The Balaban J connectivity index is 1.69. The molecule has 5 nitrogen and oxygen atoms in total. The number of anilines is 2. The van der Waals surface area contributed by atoms with Crippen LogP contribution in [0.15, 0.2) is 18.5 Å². The van der Waals surface area contributed by atoms with E-state index in [1.807, 2.05) is 31.4 Å². The molecule has 2 fully saturated rings. The number of rotatable bonds is 2. The summed E-state index contributed by atoms with van der Waals surface area (Å²) in [7, 11) is 3.88. The van der Waals surface area contributed by atoms with Crippen molar-refractivity contribution in [2.45, 2.75) is 25.7 Å². The van der Waals surface area contributed by atoms with Crippen LogP contribution in [0.5, 0.6) is 0 Å². The number of amides is 1. The zero-order valence-electron chi connectivity index (χ0n) is 12.9. The number of hydrogen-bond donors (Lipinski definition) is 1. The van der Waals surface area contributed by atoms with Crippen LogP contribution in [0.4, 0.5) is 11.4 Å². The molecular weight excluding hydrogens is 264 g/mol. The zero-order chi connectivity index (χ0) is 14.9. The topological polar surface area (TPSA) is 48.5 Å². The highest BCUT2D eigenvalue weighted by Gasteiger charge is 2.40. The first-order valence-electron chi connectivity index (χ1n) is 7.74. The van der Waals surface area contributed by atoms with Crippen molar-refractivity contribution in [2.75, 3.05) is 43.9 Å². The molecule has 1 N–H and O–H groups in total. The van der Waals surface area contributed by atoms with E-state index in [0.29, 0.717) is 17.7 Å². The van der Waals surface area contributed by atoms with E-state index in [1.165, 1.54) is 5.69 Å². The molecule has 21 heavy (non-hydrogen) atoms. The molecule has 0 unspecified atom stereocenters. The Labute approximate surface area is 126 Å². The first-order valence-corrected chi connectivity index (χ1v) is 7.74. The lowest BCUT2D eigenvalue weighted by Gasteiger charge is -2.47. The lowest BCUT2D eigenvalue weighted by atomic mass is 9.72. The molecule has 2 aliphatic heterocycles. The van der Waals surface area contributed by atoms with Gasteiger partial charge in [0.05, 0.1) is 17.6 Å². The van der Waals surface area contributed by atoms with Gasteiger partial charge in [-0.25, -0.2) is 0 Å². The smallest absolute Gasteiger partial charge is 0.222 e. The third-order valence-electron chi connectivity index (χ3n) is 5.10. The van der Waals surface area contributed by atoms with Gasteiger partial charge < -0.3 is 15.1 Å². The number of carbonyl (C=O) groups is 1. The van der Waals surface area contributed by atoms with Gasteiger partial charge in [0.15, 0.2) is 0 Å². The van der Waals surface area contributed by atoms with Crippen molar-refractivity contribution in [3.05, 3.63) is 18.5 Å². The molecule has 1 aromatic rings. The molecule has 114 valence electrons. The molecule has 3 heterocycles. The van der Waals surface area contributed by atoms with Crippen molar-refractivity contribution in [3.63, 3.8) is 0 Å². The fourth-order valence-corrected chi connectivity index (χ4v) is 3.72. The van der Waals surface area contributed by atoms with Gasteiger partial charge in [0.25, 0.3) is 0 Å². The zero-order valence-corrected chi connectivity index (χ0v) is 12.9. The Kier molecular flexibility index (Phi) is 3.74. The quantitative estimate of drug-likeness (QED) is 0.904. The first kappa shape index (κ1) is 14.2.